The first-order valence-corrected chi connectivity index (χ1v) is 6.04. The molecule has 0 atom stereocenters. The first-order valence-electron chi connectivity index (χ1n) is 6.04. The monoisotopic (exact) mass is 219 g/mol. The summed E-state index contributed by atoms with van der Waals surface area (Å²) in [6, 6.07) is 4.19. The summed E-state index contributed by atoms with van der Waals surface area (Å²) in [5, 5.41) is 0. The molecule has 3 heteroatoms. The second kappa shape index (κ2) is 4.42. The summed E-state index contributed by atoms with van der Waals surface area (Å²) in [5.41, 5.74) is 7.52. The molecule has 1 aliphatic rings. The molecule has 1 fully saturated rings. The topological polar surface area (TPSA) is 42.1 Å². The van der Waals surface area contributed by atoms with Crippen molar-refractivity contribution in [2.75, 3.05) is 19.0 Å². The molecular formula is C13H21N3. The summed E-state index contributed by atoms with van der Waals surface area (Å²) in [6.45, 7) is 0. The largest absolute Gasteiger partial charge is 0.363 e. The molecule has 0 aromatic carbocycles. The lowest BCUT2D eigenvalue weighted by molar-refractivity contribution is 0.301. The summed E-state index contributed by atoms with van der Waals surface area (Å²) < 4.78 is 0. The molecule has 16 heavy (non-hydrogen) atoms. The second-order valence-corrected chi connectivity index (χ2v) is 5.02. The summed E-state index contributed by atoms with van der Waals surface area (Å²) in [5.74, 6) is 0.989. The van der Waals surface area contributed by atoms with Crippen molar-refractivity contribution in [2.24, 2.45) is 5.73 Å². The number of nitrogens with two attached hydrogens (primary N) is 1. The van der Waals surface area contributed by atoms with E-state index in [1.54, 1.807) is 0 Å². The van der Waals surface area contributed by atoms with Crippen LogP contribution in [0, 0.1) is 0 Å². The van der Waals surface area contributed by atoms with E-state index in [-0.39, 0.29) is 5.54 Å². The van der Waals surface area contributed by atoms with Crippen molar-refractivity contribution in [2.45, 2.75) is 37.6 Å². The molecule has 1 aliphatic carbocycles. The third-order valence-electron chi connectivity index (χ3n) is 3.53. The number of aromatic nitrogens is 1. The molecule has 0 spiro atoms. The molecule has 1 saturated carbocycles. The molecule has 88 valence electrons. The van der Waals surface area contributed by atoms with Gasteiger partial charge in [-0.3, -0.25) is 0 Å². The molecule has 1 heterocycles. The minimum atomic E-state index is -0.129. The summed E-state index contributed by atoms with van der Waals surface area (Å²) >= 11 is 0. The molecule has 3 nitrogen and oxygen atoms in total. The third-order valence-corrected chi connectivity index (χ3v) is 3.53. The number of anilines is 1. The Morgan fingerprint density at radius 2 is 1.88 bits per heavy atom. The van der Waals surface area contributed by atoms with Gasteiger partial charge in [0.2, 0.25) is 0 Å². The normalized spacial score (nSPS) is 19.4. The van der Waals surface area contributed by atoms with E-state index in [4.69, 9.17) is 5.73 Å². The highest BCUT2D eigenvalue weighted by Gasteiger charge is 2.29. The minimum absolute atomic E-state index is 0.129. The zero-order valence-corrected chi connectivity index (χ0v) is 10.2. The fourth-order valence-electron chi connectivity index (χ4n) is 2.42. The van der Waals surface area contributed by atoms with Gasteiger partial charge in [-0.1, -0.05) is 25.3 Å². The van der Waals surface area contributed by atoms with Gasteiger partial charge in [0.25, 0.3) is 0 Å². The van der Waals surface area contributed by atoms with Gasteiger partial charge in [-0.15, -0.1) is 0 Å². The van der Waals surface area contributed by atoms with Gasteiger partial charge in [0, 0.05) is 25.8 Å². The van der Waals surface area contributed by atoms with Crippen molar-refractivity contribution in [3.8, 4) is 0 Å². The first kappa shape index (κ1) is 11.4. The molecule has 0 saturated heterocycles. The number of nitrogens with zero attached hydrogens (tertiary/aromatic N) is 2. The predicted molar refractivity (Wildman–Crippen MR) is 67.5 cm³/mol. The molecule has 0 bridgehead atoms. The van der Waals surface area contributed by atoms with E-state index in [9.17, 15) is 0 Å². The van der Waals surface area contributed by atoms with Gasteiger partial charge >= 0.3 is 0 Å². The quantitative estimate of drug-likeness (QED) is 0.829. The van der Waals surface area contributed by atoms with Crippen LogP contribution in [-0.2, 0) is 5.54 Å². The Labute approximate surface area is 97.7 Å². The summed E-state index contributed by atoms with van der Waals surface area (Å²) in [4.78, 5) is 6.45. The van der Waals surface area contributed by atoms with Crippen molar-refractivity contribution < 1.29 is 0 Å². The van der Waals surface area contributed by atoms with E-state index in [1.807, 2.05) is 25.2 Å². The van der Waals surface area contributed by atoms with Crippen LogP contribution in [0.15, 0.2) is 18.3 Å². The van der Waals surface area contributed by atoms with Crippen molar-refractivity contribution >= 4 is 5.82 Å². The van der Waals surface area contributed by atoms with Gasteiger partial charge in [0.05, 0.1) is 0 Å². The van der Waals surface area contributed by atoms with Crippen LogP contribution in [0.4, 0.5) is 5.82 Å². The van der Waals surface area contributed by atoms with Gasteiger partial charge in [-0.25, -0.2) is 4.98 Å². The third kappa shape index (κ3) is 2.19. The standard InChI is InChI=1S/C13H21N3/c1-16(2)12-7-6-11(10-15-12)13(14)8-4-3-5-9-13/h6-7,10H,3-5,8-9,14H2,1-2H3. The maximum atomic E-state index is 6.45. The summed E-state index contributed by atoms with van der Waals surface area (Å²) in [6.07, 6.45) is 7.94. The van der Waals surface area contributed by atoms with Crippen molar-refractivity contribution in [3.63, 3.8) is 0 Å². The van der Waals surface area contributed by atoms with Crippen molar-refractivity contribution in [1.29, 1.82) is 0 Å². The molecule has 0 unspecified atom stereocenters. The first-order chi connectivity index (χ1) is 7.62. The van der Waals surface area contributed by atoms with Crippen molar-refractivity contribution in [1.82, 2.24) is 4.98 Å². The van der Waals surface area contributed by atoms with Gasteiger partial charge in [0.15, 0.2) is 0 Å². The number of hydrogen-bond acceptors (Lipinski definition) is 3. The molecular weight excluding hydrogens is 198 g/mol. The Balaban J connectivity index is 2.20. The van der Waals surface area contributed by atoms with Crippen LogP contribution in [-0.4, -0.2) is 19.1 Å². The smallest absolute Gasteiger partial charge is 0.127 e. The van der Waals surface area contributed by atoms with E-state index >= 15 is 0 Å². The Morgan fingerprint density at radius 3 is 2.38 bits per heavy atom. The van der Waals surface area contributed by atoms with E-state index < -0.39 is 0 Å². The van der Waals surface area contributed by atoms with Crippen LogP contribution in [0.5, 0.6) is 0 Å². The van der Waals surface area contributed by atoms with Crippen LogP contribution in [0.25, 0.3) is 0 Å². The predicted octanol–water partition coefficient (Wildman–Crippen LogP) is 2.27. The van der Waals surface area contributed by atoms with Crippen LogP contribution in [0.3, 0.4) is 0 Å². The molecule has 1 aromatic heterocycles. The average Bonchev–Trinajstić information content (AvgIpc) is 2.30. The molecule has 0 aliphatic heterocycles. The van der Waals surface area contributed by atoms with E-state index in [2.05, 4.69) is 17.1 Å². The van der Waals surface area contributed by atoms with Crippen LogP contribution < -0.4 is 10.6 Å². The highest BCUT2D eigenvalue weighted by atomic mass is 15.1. The zero-order chi connectivity index (χ0) is 11.6. The van der Waals surface area contributed by atoms with Crippen LogP contribution >= 0.6 is 0 Å². The maximum Gasteiger partial charge on any atom is 0.127 e. The number of hydrogen-bond donors (Lipinski definition) is 1. The fourth-order valence-corrected chi connectivity index (χ4v) is 2.42. The molecule has 0 amide bonds. The summed E-state index contributed by atoms with van der Waals surface area (Å²) in [7, 11) is 4.00. The lowest BCUT2D eigenvalue weighted by Gasteiger charge is -2.33. The van der Waals surface area contributed by atoms with E-state index in [1.165, 1.54) is 24.8 Å². The Bertz CT molecular complexity index is 337. The lowest BCUT2D eigenvalue weighted by atomic mass is 9.78. The van der Waals surface area contributed by atoms with Crippen molar-refractivity contribution in [3.05, 3.63) is 23.9 Å². The highest BCUT2D eigenvalue weighted by molar-refractivity contribution is 5.38. The van der Waals surface area contributed by atoms with E-state index in [0.717, 1.165) is 18.7 Å². The van der Waals surface area contributed by atoms with Gasteiger partial charge in [-0.2, -0.15) is 0 Å². The Morgan fingerprint density at radius 1 is 1.19 bits per heavy atom. The molecule has 1 aromatic rings. The van der Waals surface area contributed by atoms with Gasteiger partial charge in [-0.05, 0) is 24.5 Å². The van der Waals surface area contributed by atoms with E-state index in [0.29, 0.717) is 0 Å². The Hall–Kier alpha value is -1.09. The number of pyridine rings is 1. The zero-order valence-electron chi connectivity index (χ0n) is 10.2. The van der Waals surface area contributed by atoms with Crippen LogP contribution in [0.1, 0.15) is 37.7 Å². The average molecular weight is 219 g/mol. The lowest BCUT2D eigenvalue weighted by Crippen LogP contribution is -2.38. The highest BCUT2D eigenvalue weighted by Crippen LogP contribution is 2.34. The Kier molecular flexibility index (Phi) is 3.15. The van der Waals surface area contributed by atoms with Gasteiger partial charge < -0.3 is 10.6 Å². The number of rotatable bonds is 2. The molecule has 0 radical (unpaired) electrons. The molecule has 2 N–H and O–H groups in total. The minimum Gasteiger partial charge on any atom is -0.363 e. The molecule has 2 rings (SSSR count). The van der Waals surface area contributed by atoms with Gasteiger partial charge in [0.1, 0.15) is 5.82 Å². The SMILES string of the molecule is CN(C)c1ccc(C2(N)CCCCC2)cn1. The second-order valence-electron chi connectivity index (χ2n) is 5.02. The van der Waals surface area contributed by atoms with Crippen LogP contribution in [0.2, 0.25) is 0 Å². The fraction of sp³-hybridized carbons (Fsp3) is 0.615. The maximum absolute atomic E-state index is 6.45.